The second kappa shape index (κ2) is 9.50. The van der Waals surface area contributed by atoms with E-state index in [1.54, 1.807) is 14.2 Å². The molecule has 0 bridgehead atoms. The summed E-state index contributed by atoms with van der Waals surface area (Å²) in [6.07, 6.45) is 0.736. The van der Waals surface area contributed by atoms with E-state index in [9.17, 15) is 4.79 Å². The summed E-state index contributed by atoms with van der Waals surface area (Å²) < 4.78 is 15.7. The summed E-state index contributed by atoms with van der Waals surface area (Å²) in [6.45, 7) is 2.39. The van der Waals surface area contributed by atoms with Crippen molar-refractivity contribution in [2.75, 3.05) is 40.5 Å². The zero-order valence-corrected chi connectivity index (χ0v) is 13.7. The number of methoxy groups -OCH3 is 2. The van der Waals surface area contributed by atoms with E-state index in [-0.39, 0.29) is 24.4 Å². The van der Waals surface area contributed by atoms with Gasteiger partial charge < -0.3 is 24.8 Å². The average Bonchev–Trinajstić information content (AvgIpc) is 2.55. The van der Waals surface area contributed by atoms with Gasteiger partial charge in [0.1, 0.15) is 6.04 Å². The lowest BCUT2D eigenvalue weighted by atomic mass is 10.1. The topological polar surface area (TPSA) is 68.8 Å². The minimum Gasteiger partial charge on any atom is -0.493 e. The van der Waals surface area contributed by atoms with Gasteiger partial charge in [-0.2, -0.15) is 0 Å². The van der Waals surface area contributed by atoms with Crippen LogP contribution < -0.4 is 20.1 Å². The standard InChI is InChI=1S/C15H22N2O4.ClH/c1-19-13-4-3-11(9-14(13)20-2)5-6-17-15(18)12-10-21-8-7-16-12;/h3-4,9,12,16H,5-8,10H2,1-2H3,(H,17,18);1H. The monoisotopic (exact) mass is 330 g/mol. The lowest BCUT2D eigenvalue weighted by Crippen LogP contribution is -2.51. The second-order valence-electron chi connectivity index (χ2n) is 4.81. The number of benzene rings is 1. The highest BCUT2D eigenvalue weighted by Gasteiger charge is 2.20. The molecule has 1 aromatic rings. The Labute approximate surface area is 136 Å². The molecular weight excluding hydrogens is 308 g/mol. The van der Waals surface area contributed by atoms with Crippen molar-refractivity contribution in [2.24, 2.45) is 0 Å². The highest BCUT2D eigenvalue weighted by molar-refractivity contribution is 5.85. The van der Waals surface area contributed by atoms with Gasteiger partial charge >= 0.3 is 0 Å². The highest BCUT2D eigenvalue weighted by atomic mass is 35.5. The summed E-state index contributed by atoms with van der Waals surface area (Å²) in [7, 11) is 3.22. The minimum absolute atomic E-state index is 0. The number of hydrogen-bond acceptors (Lipinski definition) is 5. The lowest BCUT2D eigenvalue weighted by Gasteiger charge is -2.22. The molecule has 124 valence electrons. The van der Waals surface area contributed by atoms with Crippen molar-refractivity contribution in [2.45, 2.75) is 12.5 Å². The zero-order valence-electron chi connectivity index (χ0n) is 12.9. The molecule has 0 spiro atoms. The van der Waals surface area contributed by atoms with Gasteiger partial charge in [0.25, 0.3) is 0 Å². The van der Waals surface area contributed by atoms with E-state index in [1.807, 2.05) is 18.2 Å². The molecule has 0 aliphatic carbocycles. The largest absolute Gasteiger partial charge is 0.493 e. The van der Waals surface area contributed by atoms with Crippen LogP contribution in [0.15, 0.2) is 18.2 Å². The molecular formula is C15H23ClN2O4. The third-order valence-electron chi connectivity index (χ3n) is 3.40. The molecule has 0 saturated carbocycles. The Morgan fingerprint density at radius 2 is 2.14 bits per heavy atom. The van der Waals surface area contributed by atoms with E-state index in [2.05, 4.69) is 10.6 Å². The average molecular weight is 331 g/mol. The fraction of sp³-hybridized carbons (Fsp3) is 0.533. The molecule has 6 nitrogen and oxygen atoms in total. The molecule has 1 aliphatic rings. The Balaban J connectivity index is 0.00000242. The zero-order chi connectivity index (χ0) is 15.1. The van der Waals surface area contributed by atoms with Crippen molar-refractivity contribution in [3.63, 3.8) is 0 Å². The molecule has 22 heavy (non-hydrogen) atoms. The first-order valence-electron chi connectivity index (χ1n) is 7.04. The Morgan fingerprint density at radius 3 is 2.77 bits per heavy atom. The van der Waals surface area contributed by atoms with Gasteiger partial charge in [-0.15, -0.1) is 12.4 Å². The van der Waals surface area contributed by atoms with Gasteiger partial charge in [-0.1, -0.05) is 6.07 Å². The molecule has 2 rings (SSSR count). The van der Waals surface area contributed by atoms with Crippen LogP contribution in [0.1, 0.15) is 5.56 Å². The minimum atomic E-state index is -0.246. The number of carbonyl (C=O) groups is 1. The first kappa shape index (κ1) is 18.5. The van der Waals surface area contributed by atoms with Crippen molar-refractivity contribution in [3.8, 4) is 11.5 Å². The Bertz CT molecular complexity index is 479. The summed E-state index contributed by atoms with van der Waals surface area (Å²) in [5.74, 6) is 1.38. The maximum Gasteiger partial charge on any atom is 0.239 e. The van der Waals surface area contributed by atoms with E-state index in [4.69, 9.17) is 14.2 Å². The first-order valence-corrected chi connectivity index (χ1v) is 7.04. The van der Waals surface area contributed by atoms with E-state index in [0.29, 0.717) is 37.8 Å². The molecule has 2 N–H and O–H groups in total. The van der Waals surface area contributed by atoms with Gasteiger partial charge in [0.2, 0.25) is 5.91 Å². The fourth-order valence-corrected chi connectivity index (χ4v) is 2.22. The molecule has 1 aromatic carbocycles. The number of hydrogen-bond donors (Lipinski definition) is 2. The number of nitrogens with one attached hydrogen (secondary N) is 2. The number of morpholine rings is 1. The van der Waals surface area contributed by atoms with Crippen LogP contribution in [0.25, 0.3) is 0 Å². The van der Waals surface area contributed by atoms with Crippen molar-refractivity contribution in [1.82, 2.24) is 10.6 Å². The molecule has 0 aromatic heterocycles. The molecule has 0 radical (unpaired) electrons. The molecule has 1 heterocycles. The molecule has 1 unspecified atom stereocenters. The molecule has 7 heteroatoms. The highest BCUT2D eigenvalue weighted by Crippen LogP contribution is 2.27. The van der Waals surface area contributed by atoms with Crippen LogP contribution in [-0.4, -0.2) is 52.5 Å². The van der Waals surface area contributed by atoms with E-state index in [1.165, 1.54) is 0 Å². The van der Waals surface area contributed by atoms with Crippen LogP contribution in [0, 0.1) is 0 Å². The van der Waals surface area contributed by atoms with Gasteiger partial charge in [0.05, 0.1) is 27.4 Å². The maximum atomic E-state index is 11.9. The molecule has 1 saturated heterocycles. The van der Waals surface area contributed by atoms with E-state index in [0.717, 1.165) is 12.0 Å². The van der Waals surface area contributed by atoms with Crippen molar-refractivity contribution in [3.05, 3.63) is 23.8 Å². The maximum absolute atomic E-state index is 11.9. The number of halogens is 1. The quantitative estimate of drug-likeness (QED) is 0.806. The smallest absolute Gasteiger partial charge is 0.239 e. The second-order valence-corrected chi connectivity index (χ2v) is 4.81. The van der Waals surface area contributed by atoms with Gasteiger partial charge in [0.15, 0.2) is 11.5 Å². The van der Waals surface area contributed by atoms with Crippen molar-refractivity contribution < 1.29 is 19.0 Å². The predicted octanol–water partition coefficient (Wildman–Crippen LogP) is 0.773. The number of carbonyl (C=O) groups excluding carboxylic acids is 1. The van der Waals surface area contributed by atoms with Crippen LogP contribution >= 0.6 is 12.4 Å². The number of ether oxygens (including phenoxy) is 3. The molecule has 1 aliphatic heterocycles. The SMILES string of the molecule is COc1ccc(CCNC(=O)C2COCCN2)cc1OC.Cl. The van der Waals surface area contributed by atoms with E-state index < -0.39 is 0 Å². The van der Waals surface area contributed by atoms with Gasteiger partial charge in [-0.05, 0) is 24.1 Å². The fourth-order valence-electron chi connectivity index (χ4n) is 2.22. The van der Waals surface area contributed by atoms with Crippen molar-refractivity contribution in [1.29, 1.82) is 0 Å². The predicted molar refractivity (Wildman–Crippen MR) is 86.1 cm³/mol. The van der Waals surface area contributed by atoms with Crippen LogP contribution in [0.4, 0.5) is 0 Å². The van der Waals surface area contributed by atoms with Crippen LogP contribution in [-0.2, 0) is 16.0 Å². The van der Waals surface area contributed by atoms with Crippen LogP contribution in [0.5, 0.6) is 11.5 Å². The lowest BCUT2D eigenvalue weighted by molar-refractivity contribution is -0.125. The summed E-state index contributed by atoms with van der Waals surface area (Å²) in [5, 5.41) is 6.04. The Hall–Kier alpha value is -1.50. The Morgan fingerprint density at radius 1 is 1.36 bits per heavy atom. The third-order valence-corrected chi connectivity index (χ3v) is 3.40. The molecule has 1 fully saturated rings. The summed E-state index contributed by atoms with van der Waals surface area (Å²) in [5.41, 5.74) is 1.08. The van der Waals surface area contributed by atoms with Crippen LogP contribution in [0.2, 0.25) is 0 Å². The third kappa shape index (κ3) is 5.05. The summed E-state index contributed by atoms with van der Waals surface area (Å²) >= 11 is 0. The summed E-state index contributed by atoms with van der Waals surface area (Å²) in [4.78, 5) is 11.9. The summed E-state index contributed by atoms with van der Waals surface area (Å²) in [6, 6.07) is 5.51. The van der Waals surface area contributed by atoms with Gasteiger partial charge in [-0.25, -0.2) is 0 Å². The van der Waals surface area contributed by atoms with Gasteiger partial charge in [0, 0.05) is 13.1 Å². The van der Waals surface area contributed by atoms with Gasteiger partial charge in [-0.3, -0.25) is 4.79 Å². The Kier molecular flexibility index (Phi) is 8.01. The van der Waals surface area contributed by atoms with E-state index >= 15 is 0 Å². The van der Waals surface area contributed by atoms with Crippen molar-refractivity contribution >= 4 is 18.3 Å². The first-order chi connectivity index (χ1) is 10.2. The number of rotatable bonds is 6. The number of amides is 1. The van der Waals surface area contributed by atoms with Crippen LogP contribution in [0.3, 0.4) is 0 Å². The molecule has 1 atom stereocenters. The molecule has 1 amide bonds. The normalized spacial score (nSPS) is 17.3.